The van der Waals surface area contributed by atoms with Crippen LogP contribution in [-0.2, 0) is 4.74 Å². The molecular formula is C19H25F2N7O. The summed E-state index contributed by atoms with van der Waals surface area (Å²) < 4.78 is 34.1. The number of anilines is 4. The maximum absolute atomic E-state index is 14.4. The Hall–Kier alpha value is -3.01. The summed E-state index contributed by atoms with van der Waals surface area (Å²) in [7, 11) is 0. The Morgan fingerprint density at radius 1 is 1.14 bits per heavy atom. The van der Waals surface area contributed by atoms with E-state index in [0.29, 0.717) is 37.5 Å². The fourth-order valence-electron chi connectivity index (χ4n) is 2.77. The minimum atomic E-state index is -0.668. The molecular weight excluding hydrogens is 380 g/mol. The molecule has 1 aliphatic heterocycles. The average molecular weight is 405 g/mol. The van der Waals surface area contributed by atoms with Crippen molar-refractivity contribution in [3.63, 3.8) is 0 Å². The second-order valence-electron chi connectivity index (χ2n) is 6.55. The summed E-state index contributed by atoms with van der Waals surface area (Å²) in [6.07, 6.45) is 4.08. The summed E-state index contributed by atoms with van der Waals surface area (Å²) in [6, 6.07) is 2.39. The molecule has 4 N–H and O–H groups in total. The lowest BCUT2D eigenvalue weighted by atomic mass is 10.2. The van der Waals surface area contributed by atoms with Crippen molar-refractivity contribution in [2.45, 2.75) is 26.7 Å². The van der Waals surface area contributed by atoms with Gasteiger partial charge < -0.3 is 25.7 Å². The summed E-state index contributed by atoms with van der Waals surface area (Å²) >= 11 is 0. The topological polar surface area (TPSA) is 105 Å². The van der Waals surface area contributed by atoms with Crippen molar-refractivity contribution in [3.05, 3.63) is 30.1 Å². The van der Waals surface area contributed by atoms with Crippen LogP contribution in [0.1, 0.15) is 26.7 Å². The Bertz CT molecular complexity index is 932. The molecule has 4 rings (SSSR count). The van der Waals surface area contributed by atoms with E-state index in [4.69, 9.17) is 10.5 Å². The largest absolute Gasteiger partial charge is 0.382 e. The van der Waals surface area contributed by atoms with Gasteiger partial charge in [0, 0.05) is 18.8 Å². The van der Waals surface area contributed by atoms with Crippen molar-refractivity contribution in [1.29, 1.82) is 0 Å². The van der Waals surface area contributed by atoms with Crippen LogP contribution in [0.4, 0.5) is 31.9 Å². The molecule has 3 heterocycles. The average Bonchev–Trinajstić information content (AvgIpc) is 3.18. The van der Waals surface area contributed by atoms with E-state index in [1.165, 1.54) is 31.3 Å². The lowest BCUT2D eigenvalue weighted by molar-refractivity contribution is 0.122. The van der Waals surface area contributed by atoms with E-state index in [1.807, 2.05) is 0 Å². The summed E-state index contributed by atoms with van der Waals surface area (Å²) in [5, 5.41) is 2.76. The van der Waals surface area contributed by atoms with Gasteiger partial charge >= 0.3 is 0 Å². The van der Waals surface area contributed by atoms with E-state index in [2.05, 4.69) is 39.1 Å². The minimum Gasteiger partial charge on any atom is -0.382 e. The maximum atomic E-state index is 14.4. The van der Waals surface area contributed by atoms with E-state index in [-0.39, 0.29) is 23.1 Å². The monoisotopic (exact) mass is 405 g/mol. The van der Waals surface area contributed by atoms with Gasteiger partial charge in [-0.15, -0.1) is 0 Å². The molecule has 1 aromatic carbocycles. The van der Waals surface area contributed by atoms with Crippen LogP contribution >= 0.6 is 0 Å². The van der Waals surface area contributed by atoms with Gasteiger partial charge in [0.15, 0.2) is 23.1 Å². The number of unbranched alkanes of at least 4 members (excludes halogenated alkanes) is 1. The number of aromatic nitrogens is 4. The third-order valence-electron chi connectivity index (χ3n) is 4.41. The van der Waals surface area contributed by atoms with Crippen molar-refractivity contribution in [3.8, 4) is 0 Å². The van der Waals surface area contributed by atoms with Gasteiger partial charge in [-0.25, -0.2) is 13.8 Å². The van der Waals surface area contributed by atoms with Crippen molar-refractivity contribution in [2.24, 2.45) is 0 Å². The van der Waals surface area contributed by atoms with Crippen LogP contribution in [0.15, 0.2) is 18.5 Å². The van der Waals surface area contributed by atoms with Crippen molar-refractivity contribution >= 4 is 34.3 Å². The fraction of sp³-hybridized carbons (Fsp3) is 0.421. The van der Waals surface area contributed by atoms with Gasteiger partial charge in [0.25, 0.3) is 0 Å². The number of nitrogens with two attached hydrogens (primary N) is 1. The Balaban J connectivity index is 0.000000552. The molecule has 29 heavy (non-hydrogen) atoms. The summed E-state index contributed by atoms with van der Waals surface area (Å²) in [4.78, 5) is 16.6. The maximum Gasteiger partial charge on any atom is 0.231 e. The highest BCUT2D eigenvalue weighted by atomic mass is 19.1. The SMILES string of the molecule is CCCC.Nc1nc(Nc2cc(F)c(N3CCOCC3)c(F)c2)nc2nc[nH]c12. The van der Waals surface area contributed by atoms with Gasteiger partial charge in [-0.1, -0.05) is 26.7 Å². The highest BCUT2D eigenvalue weighted by Gasteiger charge is 2.20. The molecule has 0 bridgehead atoms. The van der Waals surface area contributed by atoms with E-state index in [1.54, 1.807) is 4.90 Å². The molecule has 0 saturated carbocycles. The second-order valence-corrected chi connectivity index (χ2v) is 6.55. The normalized spacial score (nSPS) is 13.9. The van der Waals surface area contributed by atoms with Gasteiger partial charge in [-0.3, -0.25) is 0 Å². The second kappa shape index (κ2) is 9.46. The van der Waals surface area contributed by atoms with Crippen molar-refractivity contribution < 1.29 is 13.5 Å². The molecule has 0 atom stereocenters. The number of imidazole rings is 1. The summed E-state index contributed by atoms with van der Waals surface area (Å²) in [6.45, 7) is 6.12. The zero-order valence-corrected chi connectivity index (χ0v) is 16.5. The quantitative estimate of drug-likeness (QED) is 0.609. The van der Waals surface area contributed by atoms with Gasteiger partial charge in [0.2, 0.25) is 5.95 Å². The zero-order chi connectivity index (χ0) is 20.8. The number of morpholine rings is 1. The molecule has 10 heteroatoms. The first-order chi connectivity index (χ1) is 14.0. The number of nitrogens with zero attached hydrogens (tertiary/aromatic N) is 4. The Labute approximate surface area is 167 Å². The van der Waals surface area contributed by atoms with Crippen LogP contribution in [0.25, 0.3) is 11.2 Å². The molecule has 1 fully saturated rings. The molecule has 1 saturated heterocycles. The predicted molar refractivity (Wildman–Crippen MR) is 109 cm³/mol. The molecule has 3 aromatic rings. The first-order valence-electron chi connectivity index (χ1n) is 9.58. The molecule has 0 unspecified atom stereocenters. The molecule has 156 valence electrons. The first-order valence-corrected chi connectivity index (χ1v) is 9.58. The third-order valence-corrected chi connectivity index (χ3v) is 4.41. The Kier molecular flexibility index (Phi) is 6.76. The minimum absolute atomic E-state index is 0.0583. The number of H-pyrrole nitrogens is 1. The number of benzene rings is 1. The lowest BCUT2D eigenvalue weighted by Crippen LogP contribution is -2.37. The third kappa shape index (κ3) is 4.89. The number of aromatic amines is 1. The first kappa shape index (κ1) is 20.7. The van der Waals surface area contributed by atoms with Crippen molar-refractivity contribution in [2.75, 3.05) is 42.3 Å². The van der Waals surface area contributed by atoms with Gasteiger partial charge in [-0.05, 0) is 12.1 Å². The number of hydrogen-bond donors (Lipinski definition) is 3. The number of halogens is 2. The molecule has 0 amide bonds. The van der Waals surface area contributed by atoms with Crippen LogP contribution in [-0.4, -0.2) is 46.2 Å². The molecule has 2 aromatic heterocycles. The van der Waals surface area contributed by atoms with Crippen LogP contribution < -0.4 is 16.0 Å². The van der Waals surface area contributed by atoms with Crippen LogP contribution in [0.3, 0.4) is 0 Å². The molecule has 0 spiro atoms. The van der Waals surface area contributed by atoms with E-state index in [9.17, 15) is 8.78 Å². The molecule has 1 aliphatic rings. The molecule has 8 nitrogen and oxygen atoms in total. The van der Waals surface area contributed by atoms with Crippen LogP contribution in [0.2, 0.25) is 0 Å². The number of fused-ring (bicyclic) bond motifs is 1. The lowest BCUT2D eigenvalue weighted by Gasteiger charge is -2.29. The Morgan fingerprint density at radius 2 is 1.79 bits per heavy atom. The highest BCUT2D eigenvalue weighted by molar-refractivity contribution is 5.82. The van der Waals surface area contributed by atoms with Gasteiger partial charge in [0.05, 0.1) is 19.5 Å². The highest BCUT2D eigenvalue weighted by Crippen LogP contribution is 2.29. The Morgan fingerprint density at radius 3 is 2.41 bits per heavy atom. The van der Waals surface area contributed by atoms with Gasteiger partial charge in [-0.2, -0.15) is 9.97 Å². The number of nitrogen functional groups attached to an aromatic ring is 1. The van der Waals surface area contributed by atoms with E-state index < -0.39 is 11.6 Å². The number of rotatable bonds is 4. The zero-order valence-electron chi connectivity index (χ0n) is 16.5. The molecule has 0 radical (unpaired) electrons. The predicted octanol–water partition coefficient (Wildman–Crippen LogP) is 3.60. The summed E-state index contributed by atoms with van der Waals surface area (Å²) in [5.74, 6) is -1.04. The summed E-state index contributed by atoms with van der Waals surface area (Å²) in [5.41, 5.74) is 6.80. The van der Waals surface area contributed by atoms with E-state index in [0.717, 1.165) is 0 Å². The fourth-order valence-corrected chi connectivity index (χ4v) is 2.77. The smallest absolute Gasteiger partial charge is 0.231 e. The van der Waals surface area contributed by atoms with E-state index >= 15 is 0 Å². The number of hydrogen-bond acceptors (Lipinski definition) is 7. The van der Waals surface area contributed by atoms with Crippen molar-refractivity contribution in [1.82, 2.24) is 19.9 Å². The van der Waals surface area contributed by atoms with Crippen LogP contribution in [0.5, 0.6) is 0 Å². The number of ether oxygens (including phenoxy) is 1. The standard InChI is InChI=1S/C15H15F2N7O.C4H10/c16-9-5-8(6-10(17)12(9)24-1-3-25-4-2-24)21-15-22-13(18)11-14(23-15)20-7-19-11;1-3-4-2/h5-7H,1-4H2,(H4,18,19,20,21,22,23);3-4H2,1-2H3. The number of nitrogens with one attached hydrogen (secondary N) is 2. The molecule has 0 aliphatic carbocycles. The van der Waals surface area contributed by atoms with Crippen LogP contribution in [0, 0.1) is 11.6 Å². The van der Waals surface area contributed by atoms with Gasteiger partial charge in [0.1, 0.15) is 11.2 Å².